The van der Waals surface area contributed by atoms with Crippen molar-refractivity contribution in [2.75, 3.05) is 5.32 Å². The van der Waals surface area contributed by atoms with Gasteiger partial charge in [0.2, 0.25) is 0 Å². The molecule has 2 aromatic rings. The van der Waals surface area contributed by atoms with Gasteiger partial charge in [0.15, 0.2) is 0 Å². The maximum Gasteiger partial charge on any atom is 0.387 e. The molecule has 0 bridgehead atoms. The van der Waals surface area contributed by atoms with E-state index in [0.29, 0.717) is 11.6 Å². The Hall–Kier alpha value is -1.33. The molecule has 2 aromatic carbocycles. The molecule has 0 aromatic heterocycles. The summed E-state index contributed by atoms with van der Waals surface area (Å²) >= 11 is 9.41. The number of alkyl halides is 2. The van der Waals surface area contributed by atoms with E-state index in [1.807, 2.05) is 12.1 Å². The Morgan fingerprint density at radius 1 is 1.15 bits per heavy atom. The zero-order valence-corrected chi connectivity index (χ0v) is 12.6. The Bertz CT molecular complexity index is 578. The second-order valence-electron chi connectivity index (χ2n) is 4.00. The van der Waals surface area contributed by atoms with Gasteiger partial charge in [-0.15, -0.1) is 0 Å². The van der Waals surface area contributed by atoms with Crippen LogP contribution in [0.3, 0.4) is 0 Å². The molecule has 0 saturated carbocycles. The number of hydrogen-bond donors (Lipinski definition) is 1. The van der Waals surface area contributed by atoms with Gasteiger partial charge in [0, 0.05) is 11.0 Å². The third kappa shape index (κ3) is 4.35. The molecule has 0 radical (unpaired) electrons. The SMILES string of the molecule is FC(F)Oc1ccc(CNc2ccc(Br)cc2Cl)cc1. The Morgan fingerprint density at radius 2 is 1.85 bits per heavy atom. The number of hydrogen-bond acceptors (Lipinski definition) is 2. The van der Waals surface area contributed by atoms with E-state index in [1.54, 1.807) is 18.2 Å². The van der Waals surface area contributed by atoms with Gasteiger partial charge >= 0.3 is 6.61 Å². The maximum absolute atomic E-state index is 12.0. The van der Waals surface area contributed by atoms with Crippen LogP contribution in [0, 0.1) is 0 Å². The van der Waals surface area contributed by atoms with Crippen molar-refractivity contribution < 1.29 is 13.5 Å². The van der Waals surface area contributed by atoms with Crippen LogP contribution in [0.15, 0.2) is 46.9 Å². The summed E-state index contributed by atoms with van der Waals surface area (Å²) in [6, 6.07) is 12.0. The van der Waals surface area contributed by atoms with Crippen LogP contribution in [0.1, 0.15) is 5.56 Å². The Balaban J connectivity index is 1.96. The Morgan fingerprint density at radius 3 is 2.45 bits per heavy atom. The second-order valence-corrected chi connectivity index (χ2v) is 5.32. The van der Waals surface area contributed by atoms with Crippen molar-refractivity contribution in [3.63, 3.8) is 0 Å². The molecule has 6 heteroatoms. The minimum Gasteiger partial charge on any atom is -0.435 e. The number of nitrogens with one attached hydrogen (secondary N) is 1. The molecule has 2 nitrogen and oxygen atoms in total. The first-order chi connectivity index (χ1) is 9.54. The van der Waals surface area contributed by atoms with Crippen LogP contribution < -0.4 is 10.1 Å². The molecule has 106 valence electrons. The van der Waals surface area contributed by atoms with Gasteiger partial charge in [0.05, 0.1) is 10.7 Å². The maximum atomic E-state index is 12.0. The number of rotatable bonds is 5. The quantitative estimate of drug-likeness (QED) is 0.777. The highest BCUT2D eigenvalue weighted by Crippen LogP contribution is 2.26. The van der Waals surface area contributed by atoms with Gasteiger partial charge in [-0.3, -0.25) is 0 Å². The Kier molecular flexibility index (Phi) is 5.20. The lowest BCUT2D eigenvalue weighted by molar-refractivity contribution is -0.0498. The lowest BCUT2D eigenvalue weighted by Gasteiger charge is -2.10. The third-order valence-electron chi connectivity index (χ3n) is 2.56. The van der Waals surface area contributed by atoms with E-state index in [0.717, 1.165) is 15.7 Å². The van der Waals surface area contributed by atoms with Crippen molar-refractivity contribution in [3.05, 3.63) is 57.5 Å². The van der Waals surface area contributed by atoms with Crippen molar-refractivity contribution in [1.82, 2.24) is 0 Å². The average Bonchev–Trinajstić information content (AvgIpc) is 2.39. The first kappa shape index (κ1) is 15.1. The van der Waals surface area contributed by atoms with Crippen molar-refractivity contribution in [1.29, 1.82) is 0 Å². The summed E-state index contributed by atoms with van der Waals surface area (Å²) in [6.45, 7) is -2.27. The summed E-state index contributed by atoms with van der Waals surface area (Å²) < 4.78 is 29.2. The lowest BCUT2D eigenvalue weighted by atomic mass is 10.2. The van der Waals surface area contributed by atoms with Gasteiger partial charge in [-0.05, 0) is 35.9 Å². The molecule has 2 rings (SSSR count). The van der Waals surface area contributed by atoms with Crippen molar-refractivity contribution in [2.45, 2.75) is 13.2 Å². The molecule has 0 aliphatic carbocycles. The number of ether oxygens (including phenoxy) is 1. The van der Waals surface area contributed by atoms with E-state index in [-0.39, 0.29) is 5.75 Å². The third-order valence-corrected chi connectivity index (χ3v) is 3.37. The fraction of sp³-hybridized carbons (Fsp3) is 0.143. The van der Waals surface area contributed by atoms with Gasteiger partial charge < -0.3 is 10.1 Å². The fourth-order valence-electron chi connectivity index (χ4n) is 1.62. The standard InChI is InChI=1S/C14H11BrClF2NO/c15-10-3-6-13(12(16)7-10)19-8-9-1-4-11(5-2-9)20-14(17)18/h1-7,14,19H,8H2. The van der Waals surface area contributed by atoms with Crippen LogP contribution in [0.5, 0.6) is 5.75 Å². The lowest BCUT2D eigenvalue weighted by Crippen LogP contribution is -2.03. The zero-order chi connectivity index (χ0) is 14.5. The van der Waals surface area contributed by atoms with Gasteiger partial charge in [-0.2, -0.15) is 8.78 Å². The molecule has 0 atom stereocenters. The minimum absolute atomic E-state index is 0.144. The normalized spacial score (nSPS) is 10.7. The topological polar surface area (TPSA) is 21.3 Å². The van der Waals surface area contributed by atoms with E-state index in [9.17, 15) is 8.78 Å². The van der Waals surface area contributed by atoms with E-state index >= 15 is 0 Å². The molecule has 0 unspecified atom stereocenters. The summed E-state index contributed by atoms with van der Waals surface area (Å²) in [5.74, 6) is 0.144. The van der Waals surface area contributed by atoms with Crippen LogP contribution in [0.4, 0.5) is 14.5 Å². The monoisotopic (exact) mass is 361 g/mol. The number of halogens is 4. The number of benzene rings is 2. The summed E-state index contributed by atoms with van der Waals surface area (Å²) in [4.78, 5) is 0. The van der Waals surface area contributed by atoms with Gasteiger partial charge in [-0.1, -0.05) is 39.7 Å². The fourth-order valence-corrected chi connectivity index (χ4v) is 2.36. The largest absolute Gasteiger partial charge is 0.435 e. The molecule has 0 saturated heterocycles. The van der Waals surface area contributed by atoms with Crippen molar-refractivity contribution >= 4 is 33.2 Å². The smallest absolute Gasteiger partial charge is 0.387 e. The minimum atomic E-state index is -2.81. The van der Waals surface area contributed by atoms with E-state index < -0.39 is 6.61 Å². The summed E-state index contributed by atoms with van der Waals surface area (Å²) in [7, 11) is 0. The predicted molar refractivity (Wildman–Crippen MR) is 79.6 cm³/mol. The van der Waals surface area contributed by atoms with E-state index in [4.69, 9.17) is 11.6 Å². The first-order valence-corrected chi connectivity index (χ1v) is 6.94. The zero-order valence-electron chi connectivity index (χ0n) is 10.2. The van der Waals surface area contributed by atoms with Crippen LogP contribution in [-0.2, 0) is 6.54 Å². The predicted octanol–water partition coefficient (Wildman–Crippen LogP) is 5.32. The van der Waals surface area contributed by atoms with Crippen LogP contribution in [0.25, 0.3) is 0 Å². The van der Waals surface area contributed by atoms with Gasteiger partial charge in [0.25, 0.3) is 0 Å². The first-order valence-electron chi connectivity index (χ1n) is 5.77. The average molecular weight is 363 g/mol. The van der Waals surface area contributed by atoms with Crippen molar-refractivity contribution in [2.24, 2.45) is 0 Å². The van der Waals surface area contributed by atoms with Crippen LogP contribution >= 0.6 is 27.5 Å². The highest BCUT2D eigenvalue weighted by Gasteiger charge is 2.04. The molecule has 0 aliphatic rings. The molecule has 0 heterocycles. The Labute approximate surface area is 128 Å². The van der Waals surface area contributed by atoms with E-state index in [1.165, 1.54) is 12.1 Å². The highest BCUT2D eigenvalue weighted by molar-refractivity contribution is 9.10. The molecule has 0 aliphatic heterocycles. The molecule has 20 heavy (non-hydrogen) atoms. The molecule has 1 N–H and O–H groups in total. The van der Waals surface area contributed by atoms with Gasteiger partial charge in [-0.25, -0.2) is 0 Å². The van der Waals surface area contributed by atoms with E-state index in [2.05, 4.69) is 26.0 Å². The molecular formula is C14H11BrClF2NO. The van der Waals surface area contributed by atoms with Crippen LogP contribution in [-0.4, -0.2) is 6.61 Å². The highest BCUT2D eigenvalue weighted by atomic mass is 79.9. The van der Waals surface area contributed by atoms with Crippen molar-refractivity contribution in [3.8, 4) is 5.75 Å². The molecular weight excluding hydrogens is 352 g/mol. The second kappa shape index (κ2) is 6.90. The van der Waals surface area contributed by atoms with Crippen LogP contribution in [0.2, 0.25) is 5.02 Å². The summed E-state index contributed by atoms with van der Waals surface area (Å²) in [5.41, 5.74) is 1.74. The number of anilines is 1. The van der Waals surface area contributed by atoms with Gasteiger partial charge in [0.1, 0.15) is 5.75 Å². The molecule has 0 fully saturated rings. The molecule has 0 spiro atoms. The summed E-state index contributed by atoms with van der Waals surface area (Å²) in [5, 5.41) is 3.78. The molecule has 0 amide bonds. The summed E-state index contributed by atoms with van der Waals surface area (Å²) in [6.07, 6.45) is 0.